The van der Waals surface area contributed by atoms with E-state index in [2.05, 4.69) is 33.5 Å². The minimum atomic E-state index is -0.541. The summed E-state index contributed by atoms with van der Waals surface area (Å²) in [6.07, 6.45) is 2.14. The molecule has 2 aromatic carbocycles. The number of hydrogen-bond donors (Lipinski definition) is 2. The molecular weight excluding hydrogens is 453 g/mol. The second-order valence-electron chi connectivity index (χ2n) is 7.24. The third-order valence-corrected chi connectivity index (χ3v) is 5.45. The van der Waals surface area contributed by atoms with Crippen molar-refractivity contribution in [3.8, 4) is 0 Å². The van der Waals surface area contributed by atoms with Crippen LogP contribution in [-0.4, -0.2) is 35.7 Å². The molecule has 1 aliphatic heterocycles. The Hall–Kier alpha value is -2.74. The molecule has 1 atom stereocenters. The first-order valence-electron chi connectivity index (χ1n) is 9.82. The van der Waals surface area contributed by atoms with Crippen molar-refractivity contribution < 1.29 is 18.8 Å². The second kappa shape index (κ2) is 9.84. The molecular formula is C22H23BrFN3O3. The lowest BCUT2D eigenvalue weighted by Crippen LogP contribution is -2.29. The summed E-state index contributed by atoms with van der Waals surface area (Å²) in [6.45, 7) is 3.18. The monoisotopic (exact) mass is 475 g/mol. The van der Waals surface area contributed by atoms with Crippen LogP contribution in [0.15, 0.2) is 46.9 Å². The van der Waals surface area contributed by atoms with E-state index in [0.717, 1.165) is 12.8 Å². The average molecular weight is 476 g/mol. The SMILES string of the molecule is CCCCN1CC(C(=O)Nc2ccc(C(=O)Nc3ccc(Br)cc3F)cc2)CC1=O. The van der Waals surface area contributed by atoms with Crippen molar-refractivity contribution in [1.29, 1.82) is 0 Å². The van der Waals surface area contributed by atoms with Gasteiger partial charge in [0.1, 0.15) is 5.82 Å². The van der Waals surface area contributed by atoms with Crippen LogP contribution < -0.4 is 10.6 Å². The minimum absolute atomic E-state index is 0.00999. The molecule has 0 aliphatic carbocycles. The number of rotatable bonds is 7. The van der Waals surface area contributed by atoms with Crippen molar-refractivity contribution in [1.82, 2.24) is 4.90 Å². The van der Waals surface area contributed by atoms with Gasteiger partial charge in [0.05, 0.1) is 11.6 Å². The Balaban J connectivity index is 1.57. The number of anilines is 2. The van der Waals surface area contributed by atoms with E-state index in [9.17, 15) is 18.8 Å². The molecule has 1 fully saturated rings. The Kier molecular flexibility index (Phi) is 7.20. The first-order valence-corrected chi connectivity index (χ1v) is 10.6. The molecule has 3 amide bonds. The number of likely N-dealkylation sites (tertiary alicyclic amines) is 1. The van der Waals surface area contributed by atoms with E-state index in [0.29, 0.717) is 28.8 Å². The lowest BCUT2D eigenvalue weighted by molar-refractivity contribution is -0.128. The van der Waals surface area contributed by atoms with Crippen molar-refractivity contribution in [3.63, 3.8) is 0 Å². The molecule has 0 spiro atoms. The Bertz CT molecular complexity index is 949. The van der Waals surface area contributed by atoms with Crippen LogP contribution in [0.4, 0.5) is 15.8 Å². The third-order valence-electron chi connectivity index (χ3n) is 4.96. The molecule has 30 heavy (non-hydrogen) atoms. The standard InChI is InChI=1S/C22H23BrFN3O3/c1-2-3-10-27-13-15(11-20(27)28)22(30)25-17-7-4-14(5-8-17)21(29)26-19-9-6-16(23)12-18(19)24/h4-9,12,15H,2-3,10-11,13H2,1H3,(H,25,30)(H,26,29). The molecule has 0 saturated carbocycles. The van der Waals surface area contributed by atoms with E-state index in [1.807, 2.05) is 0 Å². The first kappa shape index (κ1) is 22.0. The third kappa shape index (κ3) is 5.44. The molecule has 158 valence electrons. The molecule has 0 radical (unpaired) electrons. The number of halogens is 2. The Morgan fingerprint density at radius 3 is 2.57 bits per heavy atom. The van der Waals surface area contributed by atoms with E-state index < -0.39 is 11.7 Å². The maximum Gasteiger partial charge on any atom is 0.255 e. The number of nitrogens with one attached hydrogen (secondary N) is 2. The van der Waals surface area contributed by atoms with Gasteiger partial charge >= 0.3 is 0 Å². The van der Waals surface area contributed by atoms with Gasteiger partial charge in [-0.05, 0) is 48.9 Å². The van der Waals surface area contributed by atoms with Crippen LogP contribution in [0, 0.1) is 11.7 Å². The molecule has 6 nitrogen and oxygen atoms in total. The van der Waals surface area contributed by atoms with Gasteiger partial charge in [-0.3, -0.25) is 14.4 Å². The van der Waals surface area contributed by atoms with Gasteiger partial charge in [0.25, 0.3) is 5.91 Å². The predicted molar refractivity (Wildman–Crippen MR) is 117 cm³/mol. The number of benzene rings is 2. The maximum atomic E-state index is 13.9. The zero-order valence-electron chi connectivity index (χ0n) is 16.6. The lowest BCUT2D eigenvalue weighted by Gasteiger charge is -2.16. The first-order chi connectivity index (χ1) is 14.4. The van der Waals surface area contributed by atoms with E-state index in [4.69, 9.17) is 0 Å². The van der Waals surface area contributed by atoms with Gasteiger partial charge in [-0.1, -0.05) is 29.3 Å². The van der Waals surface area contributed by atoms with Crippen LogP contribution in [0.2, 0.25) is 0 Å². The molecule has 1 aliphatic rings. The summed E-state index contributed by atoms with van der Waals surface area (Å²) < 4.78 is 14.5. The number of nitrogens with zero attached hydrogens (tertiary/aromatic N) is 1. The molecule has 0 bridgehead atoms. The average Bonchev–Trinajstić information content (AvgIpc) is 3.09. The Morgan fingerprint density at radius 1 is 1.17 bits per heavy atom. The predicted octanol–water partition coefficient (Wildman–Crippen LogP) is 4.43. The van der Waals surface area contributed by atoms with Crippen molar-refractivity contribution in [2.24, 2.45) is 5.92 Å². The van der Waals surface area contributed by atoms with E-state index in [1.54, 1.807) is 35.2 Å². The summed E-state index contributed by atoms with van der Waals surface area (Å²) in [5.41, 5.74) is 0.946. The van der Waals surface area contributed by atoms with E-state index in [1.165, 1.54) is 12.1 Å². The smallest absolute Gasteiger partial charge is 0.255 e. The van der Waals surface area contributed by atoms with Gasteiger partial charge in [-0.25, -0.2) is 4.39 Å². The molecule has 2 aromatic rings. The molecule has 3 rings (SSSR count). The van der Waals surface area contributed by atoms with E-state index >= 15 is 0 Å². The van der Waals surface area contributed by atoms with Crippen LogP contribution in [0.5, 0.6) is 0 Å². The summed E-state index contributed by atoms with van der Waals surface area (Å²) in [6, 6.07) is 10.7. The second-order valence-corrected chi connectivity index (χ2v) is 8.15. The quantitative estimate of drug-likeness (QED) is 0.621. The van der Waals surface area contributed by atoms with Crippen molar-refractivity contribution >= 4 is 45.0 Å². The summed E-state index contributed by atoms with van der Waals surface area (Å²) in [7, 11) is 0. The molecule has 0 aromatic heterocycles. The highest BCUT2D eigenvalue weighted by molar-refractivity contribution is 9.10. The lowest BCUT2D eigenvalue weighted by atomic mass is 10.1. The number of carbonyl (C=O) groups excluding carboxylic acids is 3. The number of hydrogen-bond acceptors (Lipinski definition) is 3. The van der Waals surface area contributed by atoms with Crippen molar-refractivity contribution in [2.75, 3.05) is 23.7 Å². The molecule has 2 N–H and O–H groups in total. The highest BCUT2D eigenvalue weighted by atomic mass is 79.9. The van der Waals surface area contributed by atoms with Gasteiger partial charge in [0.2, 0.25) is 11.8 Å². The van der Waals surface area contributed by atoms with Crippen molar-refractivity contribution in [2.45, 2.75) is 26.2 Å². The summed E-state index contributed by atoms with van der Waals surface area (Å²) in [4.78, 5) is 38.6. The number of unbranched alkanes of at least 4 members (excludes halogenated alkanes) is 1. The van der Waals surface area contributed by atoms with E-state index in [-0.39, 0.29) is 29.8 Å². The van der Waals surface area contributed by atoms with Gasteiger partial charge in [0.15, 0.2) is 0 Å². The fraction of sp³-hybridized carbons (Fsp3) is 0.318. The summed E-state index contributed by atoms with van der Waals surface area (Å²) in [5, 5.41) is 5.32. The highest BCUT2D eigenvalue weighted by Crippen LogP contribution is 2.22. The summed E-state index contributed by atoms with van der Waals surface area (Å²) >= 11 is 3.17. The molecule has 8 heteroatoms. The fourth-order valence-electron chi connectivity index (χ4n) is 3.25. The zero-order valence-corrected chi connectivity index (χ0v) is 18.2. The van der Waals surface area contributed by atoms with Crippen LogP contribution in [0.3, 0.4) is 0 Å². The van der Waals surface area contributed by atoms with Crippen LogP contribution in [0.25, 0.3) is 0 Å². The normalized spacial score (nSPS) is 15.9. The highest BCUT2D eigenvalue weighted by Gasteiger charge is 2.33. The topological polar surface area (TPSA) is 78.5 Å². The maximum absolute atomic E-state index is 13.9. The van der Waals surface area contributed by atoms with Gasteiger partial charge < -0.3 is 15.5 Å². The largest absolute Gasteiger partial charge is 0.342 e. The zero-order chi connectivity index (χ0) is 21.7. The van der Waals surface area contributed by atoms with Gasteiger partial charge in [0, 0.05) is 35.2 Å². The number of amides is 3. The Labute approximate surface area is 183 Å². The van der Waals surface area contributed by atoms with Gasteiger partial charge in [-0.15, -0.1) is 0 Å². The summed E-state index contributed by atoms with van der Waals surface area (Å²) in [5.74, 6) is -1.58. The molecule has 1 heterocycles. The van der Waals surface area contributed by atoms with Crippen molar-refractivity contribution in [3.05, 3.63) is 58.3 Å². The minimum Gasteiger partial charge on any atom is -0.342 e. The Morgan fingerprint density at radius 2 is 1.90 bits per heavy atom. The van der Waals surface area contributed by atoms with Crippen LogP contribution in [-0.2, 0) is 9.59 Å². The fourth-order valence-corrected chi connectivity index (χ4v) is 3.58. The number of carbonyl (C=O) groups is 3. The van der Waals surface area contributed by atoms with Crippen LogP contribution >= 0.6 is 15.9 Å². The van der Waals surface area contributed by atoms with Gasteiger partial charge in [-0.2, -0.15) is 0 Å². The molecule has 1 unspecified atom stereocenters. The van der Waals surface area contributed by atoms with Crippen LogP contribution in [0.1, 0.15) is 36.5 Å². The molecule has 1 saturated heterocycles.